The van der Waals surface area contributed by atoms with Crippen molar-refractivity contribution in [2.75, 3.05) is 6.61 Å². The second kappa shape index (κ2) is 4.73. The van der Waals surface area contributed by atoms with E-state index in [1.54, 1.807) is 0 Å². The molecular weight excluding hydrogens is 295 g/mol. The highest BCUT2D eigenvalue weighted by molar-refractivity contribution is 9.10. The maximum Gasteiger partial charge on any atom is 0.126 e. The number of rotatable bonds is 2. The van der Waals surface area contributed by atoms with E-state index in [1.807, 2.05) is 12.1 Å². The highest BCUT2D eigenvalue weighted by Gasteiger charge is 2.17. The molecule has 3 rings (SSSR count). The number of halogens is 2. The summed E-state index contributed by atoms with van der Waals surface area (Å²) in [6.45, 7) is 0.752. The Labute approximate surface area is 114 Å². The van der Waals surface area contributed by atoms with E-state index in [1.165, 1.54) is 17.7 Å². The second-order valence-corrected chi connectivity index (χ2v) is 5.37. The molecule has 0 aliphatic carbocycles. The van der Waals surface area contributed by atoms with Gasteiger partial charge in [-0.1, -0.05) is 28.1 Å². The van der Waals surface area contributed by atoms with Crippen LogP contribution in [0.5, 0.6) is 5.75 Å². The number of hydrogen-bond donors (Lipinski definition) is 0. The lowest BCUT2D eigenvalue weighted by Gasteiger charge is -2.09. The molecule has 1 nitrogen and oxygen atoms in total. The molecule has 0 radical (unpaired) electrons. The lowest BCUT2D eigenvalue weighted by molar-refractivity contribution is 0.354. The molecule has 3 heteroatoms. The van der Waals surface area contributed by atoms with Crippen molar-refractivity contribution in [3.05, 3.63) is 63.4 Å². The zero-order chi connectivity index (χ0) is 12.5. The van der Waals surface area contributed by atoms with Gasteiger partial charge in [0.25, 0.3) is 0 Å². The van der Waals surface area contributed by atoms with Gasteiger partial charge in [0.15, 0.2) is 0 Å². The van der Waals surface area contributed by atoms with E-state index in [0.29, 0.717) is 0 Å². The third kappa shape index (κ3) is 2.27. The first-order valence-corrected chi connectivity index (χ1v) is 6.70. The van der Waals surface area contributed by atoms with Crippen LogP contribution in [0.4, 0.5) is 4.39 Å². The molecule has 2 aromatic rings. The van der Waals surface area contributed by atoms with Crippen molar-refractivity contribution in [3.8, 4) is 5.75 Å². The summed E-state index contributed by atoms with van der Waals surface area (Å²) in [6, 6.07) is 10.8. The molecule has 0 aromatic heterocycles. The Morgan fingerprint density at radius 3 is 2.72 bits per heavy atom. The largest absolute Gasteiger partial charge is 0.493 e. The van der Waals surface area contributed by atoms with Crippen molar-refractivity contribution >= 4 is 15.9 Å². The minimum absolute atomic E-state index is 0.200. The van der Waals surface area contributed by atoms with E-state index >= 15 is 0 Å². The van der Waals surface area contributed by atoms with Gasteiger partial charge in [-0.25, -0.2) is 4.39 Å². The van der Waals surface area contributed by atoms with Gasteiger partial charge < -0.3 is 4.74 Å². The summed E-state index contributed by atoms with van der Waals surface area (Å²) in [5.41, 5.74) is 3.50. The quantitative estimate of drug-likeness (QED) is 0.811. The lowest BCUT2D eigenvalue weighted by atomic mass is 10.0. The van der Waals surface area contributed by atoms with E-state index in [-0.39, 0.29) is 5.82 Å². The lowest BCUT2D eigenvalue weighted by Crippen LogP contribution is -1.94. The van der Waals surface area contributed by atoms with Gasteiger partial charge >= 0.3 is 0 Å². The van der Waals surface area contributed by atoms with E-state index in [9.17, 15) is 4.39 Å². The van der Waals surface area contributed by atoms with Crippen LogP contribution in [0.25, 0.3) is 0 Å². The van der Waals surface area contributed by atoms with Crippen LogP contribution in [0.1, 0.15) is 16.7 Å². The molecule has 18 heavy (non-hydrogen) atoms. The van der Waals surface area contributed by atoms with Gasteiger partial charge in [0.2, 0.25) is 0 Å². The van der Waals surface area contributed by atoms with Crippen molar-refractivity contribution in [2.45, 2.75) is 12.8 Å². The van der Waals surface area contributed by atoms with Gasteiger partial charge in [0.1, 0.15) is 11.6 Å². The maximum absolute atomic E-state index is 12.9. The topological polar surface area (TPSA) is 9.23 Å². The molecule has 0 saturated carbocycles. The van der Waals surface area contributed by atoms with Crippen LogP contribution in [0.15, 0.2) is 40.9 Å². The second-order valence-electron chi connectivity index (χ2n) is 4.45. The Morgan fingerprint density at radius 1 is 1.17 bits per heavy atom. The van der Waals surface area contributed by atoms with Crippen molar-refractivity contribution in [1.82, 2.24) is 0 Å². The van der Waals surface area contributed by atoms with Crippen LogP contribution in [0, 0.1) is 5.82 Å². The average Bonchev–Trinajstić information content (AvgIpc) is 2.80. The maximum atomic E-state index is 12.9. The molecular formula is C15H12BrFO. The van der Waals surface area contributed by atoms with Crippen LogP contribution in [-0.4, -0.2) is 6.61 Å². The van der Waals surface area contributed by atoms with Gasteiger partial charge in [0, 0.05) is 17.3 Å². The third-order valence-corrected chi connectivity index (χ3v) is 3.59. The summed E-state index contributed by atoms with van der Waals surface area (Å²) < 4.78 is 19.6. The summed E-state index contributed by atoms with van der Waals surface area (Å²) in [4.78, 5) is 0. The Kier molecular flexibility index (Phi) is 3.08. The molecule has 1 aliphatic rings. The van der Waals surface area contributed by atoms with Crippen LogP contribution in [0.3, 0.4) is 0 Å². The summed E-state index contributed by atoms with van der Waals surface area (Å²) >= 11 is 3.53. The van der Waals surface area contributed by atoms with Crippen LogP contribution in [-0.2, 0) is 12.8 Å². The number of hydrogen-bond acceptors (Lipinski definition) is 1. The fourth-order valence-electron chi connectivity index (χ4n) is 2.30. The van der Waals surface area contributed by atoms with E-state index in [4.69, 9.17) is 4.74 Å². The molecule has 0 atom stereocenters. The molecule has 0 unspecified atom stereocenters. The van der Waals surface area contributed by atoms with Crippen molar-refractivity contribution in [1.29, 1.82) is 0 Å². The SMILES string of the molecule is Fc1ccc(Cc2cc(Br)cc3c2OCC3)cc1. The molecule has 0 saturated heterocycles. The number of fused-ring (bicyclic) bond motifs is 1. The van der Waals surface area contributed by atoms with E-state index in [2.05, 4.69) is 28.1 Å². The molecule has 0 fully saturated rings. The molecule has 0 amide bonds. The first-order chi connectivity index (χ1) is 8.72. The predicted molar refractivity (Wildman–Crippen MR) is 72.5 cm³/mol. The van der Waals surface area contributed by atoms with Crippen molar-refractivity contribution in [3.63, 3.8) is 0 Å². The standard InChI is InChI=1S/C15H12BrFO/c16-13-8-11-5-6-18-15(11)12(9-13)7-10-1-3-14(17)4-2-10/h1-4,8-9H,5-7H2. The van der Waals surface area contributed by atoms with Crippen LogP contribution >= 0.6 is 15.9 Å². The van der Waals surface area contributed by atoms with Crippen LogP contribution < -0.4 is 4.74 Å². The number of benzene rings is 2. The first-order valence-electron chi connectivity index (χ1n) is 5.91. The predicted octanol–water partition coefficient (Wildman–Crippen LogP) is 4.11. The van der Waals surface area contributed by atoms with Gasteiger partial charge in [-0.05, 0) is 41.0 Å². The number of ether oxygens (including phenoxy) is 1. The smallest absolute Gasteiger partial charge is 0.126 e. The third-order valence-electron chi connectivity index (χ3n) is 3.13. The highest BCUT2D eigenvalue weighted by atomic mass is 79.9. The monoisotopic (exact) mass is 306 g/mol. The van der Waals surface area contributed by atoms with Gasteiger partial charge in [-0.15, -0.1) is 0 Å². The van der Waals surface area contributed by atoms with Gasteiger partial charge in [-0.3, -0.25) is 0 Å². The van der Waals surface area contributed by atoms with Gasteiger partial charge in [-0.2, -0.15) is 0 Å². The average molecular weight is 307 g/mol. The highest BCUT2D eigenvalue weighted by Crippen LogP contribution is 2.34. The fraction of sp³-hybridized carbons (Fsp3) is 0.200. The minimum Gasteiger partial charge on any atom is -0.493 e. The Bertz CT molecular complexity index is 578. The molecule has 0 N–H and O–H groups in total. The van der Waals surface area contributed by atoms with E-state index in [0.717, 1.165) is 40.8 Å². The zero-order valence-corrected chi connectivity index (χ0v) is 11.3. The zero-order valence-electron chi connectivity index (χ0n) is 9.75. The minimum atomic E-state index is -0.200. The Hall–Kier alpha value is -1.35. The van der Waals surface area contributed by atoms with Crippen molar-refractivity contribution < 1.29 is 9.13 Å². The summed E-state index contributed by atoms with van der Waals surface area (Å²) in [5.74, 6) is 0.803. The van der Waals surface area contributed by atoms with Gasteiger partial charge in [0.05, 0.1) is 6.61 Å². The normalized spacial score (nSPS) is 13.2. The molecule has 1 aliphatic heterocycles. The summed E-state index contributed by atoms with van der Waals surface area (Å²) in [7, 11) is 0. The molecule has 0 spiro atoms. The summed E-state index contributed by atoms with van der Waals surface area (Å²) in [5, 5.41) is 0. The summed E-state index contributed by atoms with van der Waals surface area (Å²) in [6.07, 6.45) is 1.73. The molecule has 1 heterocycles. The first kappa shape index (κ1) is 11.7. The Balaban J connectivity index is 1.95. The van der Waals surface area contributed by atoms with E-state index < -0.39 is 0 Å². The molecule has 92 valence electrons. The Morgan fingerprint density at radius 2 is 1.94 bits per heavy atom. The van der Waals surface area contributed by atoms with Crippen molar-refractivity contribution in [2.24, 2.45) is 0 Å². The molecule has 0 bridgehead atoms. The fourth-order valence-corrected chi connectivity index (χ4v) is 2.85. The molecule has 2 aromatic carbocycles. The van der Waals surface area contributed by atoms with Crippen LogP contribution in [0.2, 0.25) is 0 Å².